The molecular weight excluding hydrogens is 202 g/mol. The lowest BCUT2D eigenvalue weighted by Gasteiger charge is -1.97. The summed E-state index contributed by atoms with van der Waals surface area (Å²) in [5, 5.41) is 1.15. The average Bonchev–Trinajstić information content (AvgIpc) is 2.96. The number of hydrogen-bond donors (Lipinski definition) is 1. The van der Waals surface area contributed by atoms with Crippen molar-refractivity contribution in [3.63, 3.8) is 0 Å². The highest BCUT2D eigenvalue weighted by Crippen LogP contribution is 2.26. The number of methoxy groups -OCH3 is 1. The molecule has 3 nitrogen and oxygen atoms in total. The number of benzene rings is 1. The lowest BCUT2D eigenvalue weighted by molar-refractivity contribution is 0.415. The molecule has 0 aliphatic heterocycles. The van der Waals surface area contributed by atoms with Crippen LogP contribution in [0.4, 0.5) is 0 Å². The largest absolute Gasteiger partial charge is 0.497 e. The van der Waals surface area contributed by atoms with E-state index in [4.69, 9.17) is 9.15 Å². The Hall–Kier alpha value is -2.16. The van der Waals surface area contributed by atoms with E-state index in [-0.39, 0.29) is 0 Å². The summed E-state index contributed by atoms with van der Waals surface area (Å²) in [6, 6.07) is 11.8. The molecule has 0 aliphatic rings. The van der Waals surface area contributed by atoms with Gasteiger partial charge < -0.3 is 14.1 Å². The summed E-state index contributed by atoms with van der Waals surface area (Å²) in [4.78, 5) is 3.30. The molecule has 1 aromatic carbocycles. The van der Waals surface area contributed by atoms with Crippen molar-refractivity contribution in [1.82, 2.24) is 4.98 Å². The highest BCUT2D eigenvalue weighted by atomic mass is 16.5. The van der Waals surface area contributed by atoms with Crippen LogP contribution in [0.5, 0.6) is 5.75 Å². The molecule has 0 unspecified atom stereocenters. The first-order valence-electron chi connectivity index (χ1n) is 5.07. The second-order valence-corrected chi connectivity index (χ2v) is 3.61. The van der Waals surface area contributed by atoms with Gasteiger partial charge in [-0.1, -0.05) is 0 Å². The van der Waals surface area contributed by atoms with Crippen molar-refractivity contribution >= 4 is 10.9 Å². The molecular formula is C13H11NO2. The lowest BCUT2D eigenvalue weighted by atomic mass is 10.2. The molecule has 0 spiro atoms. The highest BCUT2D eigenvalue weighted by Gasteiger charge is 2.05. The van der Waals surface area contributed by atoms with E-state index in [1.165, 1.54) is 0 Å². The van der Waals surface area contributed by atoms with Gasteiger partial charge in [0.1, 0.15) is 11.5 Å². The van der Waals surface area contributed by atoms with Gasteiger partial charge in [0.2, 0.25) is 0 Å². The molecule has 0 saturated heterocycles. The van der Waals surface area contributed by atoms with Crippen molar-refractivity contribution in [2.75, 3.05) is 7.11 Å². The first-order chi connectivity index (χ1) is 7.86. The van der Waals surface area contributed by atoms with Crippen LogP contribution in [0, 0.1) is 0 Å². The maximum absolute atomic E-state index is 5.34. The smallest absolute Gasteiger partial charge is 0.150 e. The molecule has 3 aromatic rings. The number of nitrogens with one attached hydrogen (secondary N) is 1. The van der Waals surface area contributed by atoms with Crippen LogP contribution in [0.2, 0.25) is 0 Å². The summed E-state index contributed by atoms with van der Waals surface area (Å²) in [6.07, 6.45) is 1.67. The van der Waals surface area contributed by atoms with Crippen LogP contribution in [0.1, 0.15) is 0 Å². The third-order valence-electron chi connectivity index (χ3n) is 2.62. The van der Waals surface area contributed by atoms with Gasteiger partial charge in [-0.25, -0.2) is 0 Å². The van der Waals surface area contributed by atoms with Crippen LogP contribution in [-0.2, 0) is 0 Å². The normalized spacial score (nSPS) is 10.8. The highest BCUT2D eigenvalue weighted by molar-refractivity contribution is 5.86. The topological polar surface area (TPSA) is 38.2 Å². The fraction of sp³-hybridized carbons (Fsp3) is 0.0769. The van der Waals surface area contributed by atoms with Crippen LogP contribution < -0.4 is 4.74 Å². The molecule has 2 aromatic heterocycles. The quantitative estimate of drug-likeness (QED) is 0.708. The number of H-pyrrole nitrogens is 1. The minimum Gasteiger partial charge on any atom is -0.497 e. The second kappa shape index (κ2) is 3.45. The molecule has 0 saturated carbocycles. The van der Waals surface area contributed by atoms with E-state index < -0.39 is 0 Å². The zero-order valence-electron chi connectivity index (χ0n) is 8.86. The van der Waals surface area contributed by atoms with Gasteiger partial charge in [0.05, 0.1) is 19.1 Å². The molecule has 2 heterocycles. The van der Waals surface area contributed by atoms with Gasteiger partial charge in [0.15, 0.2) is 0 Å². The number of ether oxygens (including phenoxy) is 1. The molecule has 3 heteroatoms. The molecule has 16 heavy (non-hydrogen) atoms. The zero-order chi connectivity index (χ0) is 11.0. The van der Waals surface area contributed by atoms with Crippen molar-refractivity contribution in [3.8, 4) is 17.2 Å². The summed E-state index contributed by atoms with van der Waals surface area (Å²) < 4.78 is 10.5. The Bertz CT molecular complexity index is 608. The van der Waals surface area contributed by atoms with Gasteiger partial charge in [0, 0.05) is 17.0 Å². The van der Waals surface area contributed by atoms with Crippen molar-refractivity contribution in [3.05, 3.63) is 42.7 Å². The minimum absolute atomic E-state index is 0.843. The monoisotopic (exact) mass is 213 g/mol. The Kier molecular flexibility index (Phi) is 1.96. The number of fused-ring (bicyclic) bond motifs is 1. The van der Waals surface area contributed by atoms with Gasteiger partial charge in [0.25, 0.3) is 0 Å². The van der Waals surface area contributed by atoms with E-state index in [2.05, 4.69) is 11.1 Å². The van der Waals surface area contributed by atoms with E-state index >= 15 is 0 Å². The first-order valence-corrected chi connectivity index (χ1v) is 5.07. The summed E-state index contributed by atoms with van der Waals surface area (Å²) in [5.74, 6) is 1.69. The van der Waals surface area contributed by atoms with E-state index in [9.17, 15) is 0 Å². The van der Waals surface area contributed by atoms with Crippen LogP contribution in [-0.4, -0.2) is 12.1 Å². The minimum atomic E-state index is 0.843. The molecule has 3 rings (SSSR count). The number of rotatable bonds is 2. The lowest BCUT2D eigenvalue weighted by Crippen LogP contribution is -1.80. The fourth-order valence-corrected chi connectivity index (χ4v) is 1.80. The number of aromatic nitrogens is 1. The van der Waals surface area contributed by atoms with Crippen LogP contribution >= 0.6 is 0 Å². The average molecular weight is 213 g/mol. The summed E-state index contributed by atoms with van der Waals surface area (Å²) in [5.41, 5.74) is 2.03. The van der Waals surface area contributed by atoms with Gasteiger partial charge in [-0.05, 0) is 30.3 Å². The van der Waals surface area contributed by atoms with Crippen LogP contribution in [0.3, 0.4) is 0 Å². The first kappa shape index (κ1) is 9.09. The van der Waals surface area contributed by atoms with Crippen molar-refractivity contribution < 1.29 is 9.15 Å². The molecule has 0 amide bonds. The molecule has 1 N–H and O–H groups in total. The van der Waals surface area contributed by atoms with Crippen LogP contribution in [0.15, 0.2) is 47.1 Å². The fourth-order valence-electron chi connectivity index (χ4n) is 1.80. The third-order valence-corrected chi connectivity index (χ3v) is 2.62. The van der Waals surface area contributed by atoms with Crippen molar-refractivity contribution in [1.29, 1.82) is 0 Å². The summed E-state index contributed by atoms with van der Waals surface area (Å²) >= 11 is 0. The zero-order valence-corrected chi connectivity index (χ0v) is 8.86. The number of hydrogen-bond acceptors (Lipinski definition) is 2. The Morgan fingerprint density at radius 2 is 2.12 bits per heavy atom. The van der Waals surface area contributed by atoms with Gasteiger partial charge in [-0.2, -0.15) is 0 Å². The maximum atomic E-state index is 5.34. The number of furan rings is 1. The number of aromatic amines is 1. The molecule has 80 valence electrons. The van der Waals surface area contributed by atoms with Crippen molar-refractivity contribution in [2.45, 2.75) is 0 Å². The van der Waals surface area contributed by atoms with Crippen LogP contribution in [0.25, 0.3) is 22.4 Å². The maximum Gasteiger partial charge on any atom is 0.150 e. The van der Waals surface area contributed by atoms with E-state index in [0.29, 0.717) is 0 Å². The Labute approximate surface area is 92.7 Å². The molecule has 0 radical (unpaired) electrons. The third kappa shape index (κ3) is 1.37. The molecule has 0 fully saturated rings. The van der Waals surface area contributed by atoms with Crippen molar-refractivity contribution in [2.24, 2.45) is 0 Å². The SMILES string of the molecule is COc1ccc2cc(-c3ccco3)[nH]c2c1. The van der Waals surface area contributed by atoms with E-state index in [0.717, 1.165) is 28.1 Å². The Morgan fingerprint density at radius 1 is 1.19 bits per heavy atom. The van der Waals surface area contributed by atoms with E-state index in [1.807, 2.05) is 30.3 Å². The predicted molar refractivity (Wildman–Crippen MR) is 62.6 cm³/mol. The predicted octanol–water partition coefficient (Wildman–Crippen LogP) is 3.44. The van der Waals surface area contributed by atoms with E-state index in [1.54, 1.807) is 13.4 Å². The van der Waals surface area contributed by atoms with Gasteiger partial charge in [-0.15, -0.1) is 0 Å². The Morgan fingerprint density at radius 3 is 2.88 bits per heavy atom. The second-order valence-electron chi connectivity index (χ2n) is 3.61. The molecule has 0 aliphatic carbocycles. The molecule has 0 atom stereocenters. The summed E-state index contributed by atoms with van der Waals surface area (Å²) in [6.45, 7) is 0. The Balaban J connectivity index is 2.16. The summed E-state index contributed by atoms with van der Waals surface area (Å²) in [7, 11) is 1.66. The van der Waals surface area contributed by atoms with Gasteiger partial charge >= 0.3 is 0 Å². The van der Waals surface area contributed by atoms with Gasteiger partial charge in [-0.3, -0.25) is 0 Å². The standard InChI is InChI=1S/C13H11NO2/c1-15-10-5-4-9-7-12(14-11(9)8-10)13-3-2-6-16-13/h2-8,14H,1H3. The molecule has 0 bridgehead atoms.